The van der Waals surface area contributed by atoms with Crippen molar-refractivity contribution >= 4 is 169 Å². The second kappa shape index (κ2) is 34.8. The van der Waals surface area contributed by atoms with E-state index in [4.69, 9.17) is 54.1 Å². The predicted octanol–water partition coefficient (Wildman–Crippen LogP) is 12.1. The van der Waals surface area contributed by atoms with Crippen molar-refractivity contribution in [2.45, 2.75) is 76.3 Å². The molecule has 0 radical (unpaired) electrons. The highest BCUT2D eigenvalue weighted by Crippen LogP contribution is 2.45. The van der Waals surface area contributed by atoms with E-state index in [0.717, 1.165) is 59.8 Å². The van der Waals surface area contributed by atoms with E-state index < -0.39 is 53.4 Å². The number of benzene rings is 4. The van der Waals surface area contributed by atoms with Crippen LogP contribution in [-0.4, -0.2) is 173 Å². The summed E-state index contributed by atoms with van der Waals surface area (Å²) in [6.07, 6.45) is 4.55. The molecule has 9 rings (SSSR count). The second-order valence-electron chi connectivity index (χ2n) is 22.3. The average Bonchev–Trinajstić information content (AvgIpc) is 1.62. The summed E-state index contributed by atoms with van der Waals surface area (Å²) < 4.78 is 90.3. The number of Topliss-reactive ketones (excluding diaryl/α,β-unsaturated/α-hetero) is 2. The Hall–Kier alpha value is -9.40. The lowest BCUT2D eigenvalue weighted by Gasteiger charge is -2.27. The van der Waals surface area contributed by atoms with Crippen molar-refractivity contribution in [1.29, 1.82) is 0 Å². The van der Waals surface area contributed by atoms with Crippen molar-refractivity contribution in [3.05, 3.63) is 93.7 Å². The summed E-state index contributed by atoms with van der Waals surface area (Å²) >= 11 is 3.55. The van der Waals surface area contributed by atoms with Gasteiger partial charge in [0.25, 0.3) is 32.1 Å². The molecule has 2 saturated heterocycles. The minimum Gasteiger partial charge on any atom is -0.494 e. The molecule has 536 valence electrons. The average molecular weight is 1480 g/mol. The Bertz CT molecular complexity index is 4270. The highest BCUT2D eigenvalue weighted by molar-refractivity contribution is 7.99. The topological polar surface area (TPSA) is 389 Å². The van der Waals surface area contributed by atoms with Gasteiger partial charge < -0.3 is 59.8 Å². The van der Waals surface area contributed by atoms with Gasteiger partial charge in [-0.1, -0.05) is 59.9 Å². The van der Waals surface area contributed by atoms with Crippen molar-refractivity contribution in [3.8, 4) is 11.5 Å². The van der Waals surface area contributed by atoms with E-state index in [1.807, 2.05) is 49.6 Å². The number of aromatic nitrogens is 5. The number of carbonyl (C=O) groups is 4. The number of anilines is 10. The molecule has 101 heavy (non-hydrogen) atoms. The molecule has 2 aliphatic heterocycles. The summed E-state index contributed by atoms with van der Waals surface area (Å²) in [7, 11) is -6.12. The number of amides is 2. The molecule has 0 unspecified atom stereocenters. The molecule has 0 saturated carbocycles. The molecule has 0 spiro atoms. The van der Waals surface area contributed by atoms with Crippen LogP contribution >= 0.6 is 34.4 Å². The van der Waals surface area contributed by atoms with Crippen molar-refractivity contribution in [1.82, 2.24) is 24.9 Å². The van der Waals surface area contributed by atoms with Crippen LogP contribution in [0.25, 0.3) is 12.2 Å². The zero-order valence-corrected chi connectivity index (χ0v) is 60.9. The lowest BCUT2D eigenvalue weighted by Crippen LogP contribution is -2.36. The van der Waals surface area contributed by atoms with Crippen LogP contribution in [0.1, 0.15) is 71.1 Å². The summed E-state index contributed by atoms with van der Waals surface area (Å²) in [6, 6.07) is 17.1. The van der Waals surface area contributed by atoms with E-state index in [1.165, 1.54) is 62.0 Å². The predicted molar refractivity (Wildman–Crippen MR) is 391 cm³/mol. The molecule has 31 nitrogen and oxygen atoms in total. The number of morpholine rings is 2. The summed E-state index contributed by atoms with van der Waals surface area (Å²) in [4.78, 5) is 86.7. The number of nitrogens with zero attached hydrogens (tertiary/aromatic N) is 13. The van der Waals surface area contributed by atoms with Crippen LogP contribution in [0.5, 0.6) is 11.5 Å². The number of thiazole rings is 2. The third-order valence-electron chi connectivity index (χ3n) is 15.6. The molecule has 7 aromatic rings. The number of hydrogen-bond donors (Lipinski definition) is 6. The normalized spacial score (nSPS) is 13.9. The first-order chi connectivity index (χ1) is 48.4. The number of methoxy groups -OCH3 is 2. The Morgan fingerprint density at radius 2 is 1.00 bits per heavy atom. The number of carbonyl (C=O) groups excluding carboxylic acids is 4. The van der Waals surface area contributed by atoms with Gasteiger partial charge in [-0.15, -0.1) is 20.5 Å². The maximum absolute atomic E-state index is 13.8. The first kappa shape index (κ1) is 75.8. The monoisotopic (exact) mass is 1480 g/mol. The number of unbranched alkanes of at least 4 members (excludes halogenated alkanes) is 1. The molecule has 2 aliphatic rings. The summed E-state index contributed by atoms with van der Waals surface area (Å²) in [5, 5.41) is 31.5. The van der Waals surface area contributed by atoms with Gasteiger partial charge in [-0.2, -0.15) is 41.8 Å². The Morgan fingerprint density at radius 3 is 1.36 bits per heavy atom. The lowest BCUT2D eigenvalue weighted by atomic mass is 10.1. The van der Waals surface area contributed by atoms with E-state index in [9.17, 15) is 45.1 Å². The highest BCUT2D eigenvalue weighted by Gasteiger charge is 2.27. The molecule has 2 fully saturated rings. The number of hydrogen-bond acceptors (Lipinski definition) is 30. The number of ether oxygens (including phenoxy) is 4. The maximum atomic E-state index is 13.8. The van der Waals surface area contributed by atoms with Gasteiger partial charge in [-0.25, -0.2) is 0 Å². The van der Waals surface area contributed by atoms with E-state index >= 15 is 0 Å². The van der Waals surface area contributed by atoms with Gasteiger partial charge >= 0.3 is 0 Å². The largest absolute Gasteiger partial charge is 0.494 e. The molecule has 0 atom stereocenters. The van der Waals surface area contributed by atoms with Gasteiger partial charge in [0.15, 0.2) is 16.7 Å². The molecular weight excluding hydrogens is 1400 g/mol. The summed E-state index contributed by atoms with van der Waals surface area (Å²) in [5.74, 6) is -0.246. The van der Waals surface area contributed by atoms with Crippen LogP contribution in [0, 0.1) is 0 Å². The molecule has 5 heterocycles. The fraction of sp³-hybridized carbons (Fsp3) is 0.369. The van der Waals surface area contributed by atoms with Gasteiger partial charge in [0.2, 0.25) is 22.2 Å². The summed E-state index contributed by atoms with van der Waals surface area (Å²) in [5.41, 5.74) is 2.25. The first-order valence-corrected chi connectivity index (χ1v) is 37.5. The fourth-order valence-corrected chi connectivity index (χ4v) is 14.1. The number of nitrogens with one attached hydrogen (secondary N) is 4. The summed E-state index contributed by atoms with van der Waals surface area (Å²) in [6.45, 7) is 18.2. The van der Waals surface area contributed by atoms with Gasteiger partial charge in [0.1, 0.15) is 34.5 Å². The lowest BCUT2D eigenvalue weighted by molar-refractivity contribution is -0.120. The SMILES string of the molecule is CCCCSc1nc(Nc2cc(N(CC)CC)c(OC)cc2/N=N/c2nc(N3CCOCC3)c(/C=C(/C(C)=O)C(=O)Nc3cccc(S(=O)(=O)O)c3)s2)nc(Nc2cc(N(CC)CC)c(OC)cc2/N=N/c2nc(N3CCOCC3)c(/C=C(\C(C)=O)C(=O)Nc3cccc(S(=O)(=O)O)c3)s2)n1. The number of azo groups is 2. The molecule has 36 heteroatoms. The van der Waals surface area contributed by atoms with E-state index in [0.29, 0.717) is 145 Å². The van der Waals surface area contributed by atoms with Crippen molar-refractivity contribution in [3.63, 3.8) is 0 Å². The minimum atomic E-state index is -4.61. The van der Waals surface area contributed by atoms with Crippen LogP contribution in [0.15, 0.2) is 119 Å². The van der Waals surface area contributed by atoms with Crippen LogP contribution in [0.4, 0.5) is 79.3 Å². The van der Waals surface area contributed by atoms with Crippen molar-refractivity contribution in [2.24, 2.45) is 20.5 Å². The fourth-order valence-electron chi connectivity index (χ4n) is 10.4. The Balaban J connectivity index is 1.11. The minimum absolute atomic E-state index is 0.0191. The molecule has 0 aliphatic carbocycles. The number of thioether (sulfide) groups is 1. The van der Waals surface area contributed by atoms with E-state index in [1.54, 1.807) is 26.4 Å². The maximum Gasteiger partial charge on any atom is 0.294 e. The standard InChI is InChI=1S/C65H77N17O14S5/c1-10-15-30-97-63-73-61(68-47-35-51(79(11-2)12-3)53(93-8)37-49(47)75-77-64-70-57(81-22-26-95-27-23-81)55(98-64)33-45(39(6)83)59(85)66-41-18-16-20-43(31-41)100(87,88)89)72-62(74-63)69-48-36-52(80(13-4)14-5)54(94-9)38-50(48)76-78-65-71-58(82-24-28-96-29-25-82)56(99-65)34-46(40(7)84)60(86)67-42-19-17-21-44(32-42)101(90,91)92/h16-21,31-38H,10-15,22-30H2,1-9H3,(H,66,85)(H,67,86)(H,87,88,89)(H,90,91,92)(H2,68,69,72,73,74)/b45-33-,46-34+,77-75+,78-76+. The number of ketones is 2. The van der Waals surface area contributed by atoms with Crippen LogP contribution in [0.2, 0.25) is 0 Å². The second-order valence-corrected chi connectivity index (χ2v) is 28.2. The Morgan fingerprint density at radius 1 is 0.594 bits per heavy atom. The van der Waals surface area contributed by atoms with Crippen molar-refractivity contribution < 1.29 is 64.1 Å². The van der Waals surface area contributed by atoms with Gasteiger partial charge in [0.05, 0.1) is 94.1 Å². The smallest absolute Gasteiger partial charge is 0.294 e. The van der Waals surface area contributed by atoms with E-state index in [2.05, 4.69) is 48.2 Å². The van der Waals surface area contributed by atoms with Crippen LogP contribution in [-0.2, 0) is 48.9 Å². The van der Waals surface area contributed by atoms with Gasteiger partial charge in [0, 0.05) is 81.6 Å². The Labute approximate surface area is 596 Å². The molecule has 4 aromatic carbocycles. The van der Waals surface area contributed by atoms with Gasteiger partial charge in [-0.05, 0) is 109 Å². The quantitative estimate of drug-likeness (QED) is 0.00434. The van der Waals surface area contributed by atoms with Crippen LogP contribution < -0.4 is 50.3 Å². The number of rotatable bonds is 32. The Kier molecular flexibility index (Phi) is 26.1. The van der Waals surface area contributed by atoms with Crippen LogP contribution in [0.3, 0.4) is 0 Å². The molecule has 2 amide bonds. The first-order valence-electron chi connectivity index (χ1n) is 32.0. The molecular formula is C65H77N17O14S5. The molecule has 6 N–H and O–H groups in total. The molecule has 3 aromatic heterocycles. The van der Waals surface area contributed by atoms with Gasteiger partial charge in [-0.3, -0.25) is 28.3 Å². The molecule has 0 bridgehead atoms. The zero-order chi connectivity index (χ0) is 72.5. The van der Waals surface area contributed by atoms with Crippen molar-refractivity contribution in [2.75, 3.05) is 140 Å². The van der Waals surface area contributed by atoms with E-state index in [-0.39, 0.29) is 56.1 Å². The zero-order valence-electron chi connectivity index (χ0n) is 56.8. The third-order valence-corrected chi connectivity index (χ3v) is 20.0. The highest BCUT2D eigenvalue weighted by atomic mass is 32.2. The third kappa shape index (κ3) is 19.8.